The molecule has 0 amide bonds. The fraction of sp³-hybridized carbons (Fsp3) is 0.368. The highest BCUT2D eigenvalue weighted by Gasteiger charge is 2.16. The highest BCUT2D eigenvalue weighted by atomic mass is 79.9. The van der Waals surface area contributed by atoms with Crippen LogP contribution in [0.2, 0.25) is 0 Å². The van der Waals surface area contributed by atoms with Gasteiger partial charge in [0.2, 0.25) is 0 Å². The van der Waals surface area contributed by atoms with Crippen LogP contribution in [0.3, 0.4) is 0 Å². The number of carbonyl (C=O) groups is 1. The second-order valence-corrected chi connectivity index (χ2v) is 6.94. The van der Waals surface area contributed by atoms with Gasteiger partial charge in [-0.1, -0.05) is 26.0 Å². The Bertz CT molecular complexity index is 763. The lowest BCUT2D eigenvalue weighted by atomic mass is 10.0. The second-order valence-electron chi connectivity index (χ2n) is 6.08. The van der Waals surface area contributed by atoms with Gasteiger partial charge in [0.1, 0.15) is 5.75 Å². The topological polar surface area (TPSA) is 44.1 Å². The molecule has 0 aliphatic heterocycles. The van der Waals surface area contributed by atoms with Crippen molar-refractivity contribution in [2.75, 3.05) is 6.61 Å². The normalized spacial score (nSPS) is 10.9. The zero-order valence-corrected chi connectivity index (χ0v) is 16.2. The minimum absolute atomic E-state index is 0.0604. The summed E-state index contributed by atoms with van der Waals surface area (Å²) in [6, 6.07) is 5.92. The third-order valence-electron chi connectivity index (χ3n) is 4.00. The van der Waals surface area contributed by atoms with Gasteiger partial charge in [-0.15, -0.1) is 6.58 Å². The smallest absolute Gasteiger partial charge is 0.284 e. The first-order valence-electron chi connectivity index (χ1n) is 7.96. The molecule has 0 saturated carbocycles. The van der Waals surface area contributed by atoms with Gasteiger partial charge in [-0.2, -0.15) is 5.10 Å². The molecule has 0 atom stereocenters. The van der Waals surface area contributed by atoms with Crippen LogP contribution in [0.1, 0.15) is 47.1 Å². The summed E-state index contributed by atoms with van der Waals surface area (Å²) in [5.41, 5.74) is 3.95. The Morgan fingerprint density at radius 2 is 2.12 bits per heavy atom. The average molecular weight is 391 g/mol. The number of hydrogen-bond donors (Lipinski definition) is 0. The van der Waals surface area contributed by atoms with Gasteiger partial charge < -0.3 is 4.74 Å². The highest BCUT2D eigenvalue weighted by Crippen LogP contribution is 2.29. The number of allylic oxidation sites excluding steroid dienone is 1. The zero-order valence-electron chi connectivity index (χ0n) is 14.6. The SMILES string of the molecule is C=CCc1c(C)nn(C(=O)COc2ccc(C(C)C)cc2Br)c1C. The summed E-state index contributed by atoms with van der Waals surface area (Å²) in [7, 11) is 0. The van der Waals surface area contributed by atoms with Crippen LogP contribution in [0.25, 0.3) is 0 Å². The lowest BCUT2D eigenvalue weighted by Crippen LogP contribution is -2.22. The molecule has 4 nitrogen and oxygen atoms in total. The summed E-state index contributed by atoms with van der Waals surface area (Å²) in [5, 5.41) is 4.33. The molecule has 128 valence electrons. The van der Waals surface area contributed by atoms with Crippen LogP contribution >= 0.6 is 15.9 Å². The van der Waals surface area contributed by atoms with Gasteiger partial charge in [-0.05, 0) is 59.8 Å². The van der Waals surface area contributed by atoms with Gasteiger partial charge in [0.15, 0.2) is 6.61 Å². The molecule has 0 N–H and O–H groups in total. The molecule has 2 rings (SSSR count). The maximum absolute atomic E-state index is 12.4. The number of aromatic nitrogens is 2. The van der Waals surface area contributed by atoms with Crippen molar-refractivity contribution in [2.24, 2.45) is 0 Å². The summed E-state index contributed by atoms with van der Waals surface area (Å²) in [4.78, 5) is 12.4. The number of halogens is 1. The largest absolute Gasteiger partial charge is 0.483 e. The van der Waals surface area contributed by atoms with E-state index < -0.39 is 0 Å². The van der Waals surface area contributed by atoms with Gasteiger partial charge in [-0.25, -0.2) is 4.68 Å². The van der Waals surface area contributed by atoms with E-state index in [-0.39, 0.29) is 12.5 Å². The summed E-state index contributed by atoms with van der Waals surface area (Å²) in [6.45, 7) is 11.7. The molecule has 1 aromatic carbocycles. The first kappa shape index (κ1) is 18.5. The Hall–Kier alpha value is -1.88. The fourth-order valence-corrected chi connectivity index (χ4v) is 3.06. The predicted octanol–water partition coefficient (Wildman–Crippen LogP) is 4.83. The zero-order chi connectivity index (χ0) is 17.9. The lowest BCUT2D eigenvalue weighted by molar-refractivity contribution is 0.0817. The van der Waals surface area contributed by atoms with Crippen molar-refractivity contribution in [3.8, 4) is 5.75 Å². The molecule has 24 heavy (non-hydrogen) atoms. The maximum atomic E-state index is 12.4. The van der Waals surface area contributed by atoms with E-state index in [4.69, 9.17) is 4.74 Å². The minimum atomic E-state index is -0.189. The van der Waals surface area contributed by atoms with E-state index in [2.05, 4.69) is 41.5 Å². The van der Waals surface area contributed by atoms with Crippen molar-refractivity contribution in [1.82, 2.24) is 9.78 Å². The summed E-state index contributed by atoms with van der Waals surface area (Å²) in [6.07, 6.45) is 2.52. The molecule has 2 aromatic rings. The molecule has 1 heterocycles. The van der Waals surface area contributed by atoms with Gasteiger partial charge in [0.25, 0.3) is 5.91 Å². The van der Waals surface area contributed by atoms with E-state index in [0.29, 0.717) is 18.1 Å². The molecule has 1 aromatic heterocycles. The number of nitrogens with zero attached hydrogens (tertiary/aromatic N) is 2. The highest BCUT2D eigenvalue weighted by molar-refractivity contribution is 9.10. The number of aryl methyl sites for hydroxylation is 1. The van der Waals surface area contributed by atoms with E-state index in [1.165, 1.54) is 10.2 Å². The van der Waals surface area contributed by atoms with Crippen LogP contribution in [0.5, 0.6) is 5.75 Å². The van der Waals surface area contributed by atoms with Crippen LogP contribution in [-0.4, -0.2) is 22.3 Å². The summed E-state index contributed by atoms with van der Waals surface area (Å²) < 4.78 is 7.94. The lowest BCUT2D eigenvalue weighted by Gasteiger charge is -2.11. The second kappa shape index (κ2) is 7.79. The Kier molecular flexibility index (Phi) is 5.99. The Balaban J connectivity index is 2.11. The first-order valence-corrected chi connectivity index (χ1v) is 8.75. The summed E-state index contributed by atoms with van der Waals surface area (Å²) >= 11 is 3.50. The number of hydrogen-bond acceptors (Lipinski definition) is 3. The molecule has 0 spiro atoms. The van der Waals surface area contributed by atoms with Gasteiger partial charge >= 0.3 is 0 Å². The van der Waals surface area contributed by atoms with Crippen molar-refractivity contribution in [3.63, 3.8) is 0 Å². The molecular weight excluding hydrogens is 368 g/mol. The number of ether oxygens (including phenoxy) is 1. The number of rotatable bonds is 6. The molecule has 0 radical (unpaired) electrons. The van der Waals surface area contributed by atoms with Gasteiger partial charge in [-0.3, -0.25) is 4.79 Å². The average Bonchev–Trinajstić information content (AvgIpc) is 2.82. The van der Waals surface area contributed by atoms with Gasteiger partial charge in [0.05, 0.1) is 10.2 Å². The Morgan fingerprint density at radius 1 is 1.42 bits per heavy atom. The van der Waals surface area contributed by atoms with Crippen molar-refractivity contribution < 1.29 is 9.53 Å². The first-order chi connectivity index (χ1) is 11.3. The van der Waals surface area contributed by atoms with Crippen molar-refractivity contribution in [2.45, 2.75) is 40.0 Å². The Morgan fingerprint density at radius 3 is 2.71 bits per heavy atom. The van der Waals surface area contributed by atoms with Crippen LogP contribution in [0.4, 0.5) is 0 Å². The molecule has 0 saturated heterocycles. The fourth-order valence-electron chi connectivity index (χ4n) is 2.55. The van der Waals surface area contributed by atoms with Crippen LogP contribution in [0, 0.1) is 13.8 Å². The standard InChI is InChI=1S/C19H23BrN2O2/c1-6-7-16-13(4)21-22(14(16)5)19(23)11-24-18-9-8-15(12(2)3)10-17(18)20/h6,8-10,12H,1,7,11H2,2-5H3. The monoisotopic (exact) mass is 390 g/mol. The van der Waals surface area contributed by atoms with Crippen LogP contribution in [0.15, 0.2) is 35.3 Å². The van der Waals surface area contributed by atoms with Crippen molar-refractivity contribution in [1.29, 1.82) is 0 Å². The number of benzene rings is 1. The van der Waals surface area contributed by atoms with Gasteiger partial charge in [0, 0.05) is 11.3 Å². The number of carbonyl (C=O) groups excluding carboxylic acids is 1. The van der Waals surface area contributed by atoms with Crippen LogP contribution in [-0.2, 0) is 6.42 Å². The predicted molar refractivity (Wildman–Crippen MR) is 100.0 cm³/mol. The van der Waals surface area contributed by atoms with E-state index in [9.17, 15) is 4.79 Å². The minimum Gasteiger partial charge on any atom is -0.483 e. The van der Waals surface area contributed by atoms with Crippen LogP contribution < -0.4 is 4.74 Å². The third-order valence-corrected chi connectivity index (χ3v) is 4.62. The summed E-state index contributed by atoms with van der Waals surface area (Å²) in [5.74, 6) is 0.904. The van der Waals surface area contributed by atoms with Crippen molar-refractivity contribution >= 4 is 21.8 Å². The molecular formula is C19H23BrN2O2. The molecule has 5 heteroatoms. The Labute approximate surface area is 151 Å². The molecule has 0 aliphatic rings. The van der Waals surface area contributed by atoms with E-state index in [1.54, 1.807) is 0 Å². The molecule has 0 aliphatic carbocycles. The van der Waals surface area contributed by atoms with Crippen molar-refractivity contribution in [3.05, 3.63) is 57.8 Å². The quantitative estimate of drug-likeness (QED) is 0.663. The van der Waals surface area contributed by atoms with E-state index in [0.717, 1.165) is 21.4 Å². The third kappa shape index (κ3) is 3.96. The molecule has 0 fully saturated rings. The maximum Gasteiger partial charge on any atom is 0.284 e. The molecule has 0 unspecified atom stereocenters. The van der Waals surface area contributed by atoms with E-state index >= 15 is 0 Å². The molecule has 0 bridgehead atoms. The van der Waals surface area contributed by atoms with E-state index in [1.807, 2.05) is 38.1 Å².